The van der Waals surface area contributed by atoms with Gasteiger partial charge in [-0.25, -0.2) is 0 Å². The number of hydrogen-bond acceptors (Lipinski definition) is 6. The monoisotopic (exact) mass is 278 g/mol. The number of carbonyl (C=O) groups is 2. The first-order valence-corrected chi connectivity index (χ1v) is 6.32. The van der Waals surface area contributed by atoms with Crippen LogP contribution < -0.4 is 5.73 Å². The van der Waals surface area contributed by atoms with E-state index in [2.05, 4.69) is 4.99 Å². The molecule has 0 unspecified atom stereocenters. The number of benzene rings is 1. The minimum absolute atomic E-state index is 0.177. The van der Waals surface area contributed by atoms with Gasteiger partial charge in [-0.3, -0.25) is 14.6 Å². The normalized spacial score (nSPS) is 10.8. The van der Waals surface area contributed by atoms with Crippen LogP contribution in [-0.2, 0) is 19.1 Å². The van der Waals surface area contributed by atoms with E-state index in [-0.39, 0.29) is 13.2 Å². The smallest absolute Gasteiger partial charge is 0.325 e. The zero-order valence-electron chi connectivity index (χ0n) is 11.5. The maximum Gasteiger partial charge on any atom is 0.325 e. The van der Waals surface area contributed by atoms with Crippen LogP contribution in [0, 0.1) is 5.92 Å². The predicted molar refractivity (Wildman–Crippen MR) is 75.8 cm³/mol. The van der Waals surface area contributed by atoms with Crippen molar-refractivity contribution in [2.75, 3.05) is 18.9 Å². The number of para-hydroxylation sites is 2. The third-order valence-corrected chi connectivity index (χ3v) is 2.38. The van der Waals surface area contributed by atoms with Gasteiger partial charge in [-0.05, 0) is 26.0 Å². The number of aliphatic imine (C=N–C) groups is 1. The van der Waals surface area contributed by atoms with Crippen molar-refractivity contribution in [1.29, 1.82) is 0 Å². The molecule has 1 rings (SSSR count). The first-order valence-electron chi connectivity index (χ1n) is 6.32. The zero-order chi connectivity index (χ0) is 15.0. The van der Waals surface area contributed by atoms with Crippen LogP contribution in [0.4, 0.5) is 11.4 Å². The van der Waals surface area contributed by atoms with E-state index in [9.17, 15) is 9.59 Å². The number of anilines is 1. The fraction of sp³-hybridized carbons (Fsp3) is 0.357. The Bertz CT molecular complexity index is 482. The molecule has 0 radical (unpaired) electrons. The molecule has 6 heteroatoms. The lowest BCUT2D eigenvalue weighted by Gasteiger charge is -2.10. The Morgan fingerprint density at radius 1 is 1.20 bits per heavy atom. The number of nitrogens with zero attached hydrogens (tertiary/aromatic N) is 1. The van der Waals surface area contributed by atoms with E-state index in [1.165, 1.54) is 6.21 Å². The van der Waals surface area contributed by atoms with Crippen LogP contribution in [0.5, 0.6) is 0 Å². The Kier molecular flexibility index (Phi) is 6.22. The van der Waals surface area contributed by atoms with Crippen LogP contribution in [-0.4, -0.2) is 31.4 Å². The van der Waals surface area contributed by atoms with Crippen molar-refractivity contribution in [2.24, 2.45) is 10.9 Å². The van der Waals surface area contributed by atoms with Gasteiger partial charge in [0.25, 0.3) is 0 Å². The Morgan fingerprint density at radius 2 is 1.75 bits per heavy atom. The topological polar surface area (TPSA) is 91.0 Å². The van der Waals surface area contributed by atoms with Gasteiger partial charge in [0.1, 0.15) is 0 Å². The SMILES string of the molecule is CCOC(=O)C(C=Nc1ccccc1N)C(=O)OCC. The summed E-state index contributed by atoms with van der Waals surface area (Å²) in [5, 5.41) is 0. The lowest BCUT2D eigenvalue weighted by molar-refractivity contribution is -0.157. The molecule has 0 saturated carbocycles. The van der Waals surface area contributed by atoms with Crippen molar-refractivity contribution in [1.82, 2.24) is 0 Å². The summed E-state index contributed by atoms with van der Waals surface area (Å²) < 4.78 is 9.66. The van der Waals surface area contributed by atoms with Gasteiger partial charge < -0.3 is 15.2 Å². The Balaban J connectivity index is 2.91. The molecule has 0 fully saturated rings. The second-order valence-corrected chi connectivity index (χ2v) is 3.82. The second-order valence-electron chi connectivity index (χ2n) is 3.82. The molecule has 0 spiro atoms. The molecular weight excluding hydrogens is 260 g/mol. The highest BCUT2D eigenvalue weighted by atomic mass is 16.6. The number of rotatable bonds is 6. The summed E-state index contributed by atoms with van der Waals surface area (Å²) in [6.07, 6.45) is 1.20. The predicted octanol–water partition coefficient (Wildman–Crippen LogP) is 1.71. The van der Waals surface area contributed by atoms with E-state index in [1.807, 2.05) is 0 Å². The van der Waals surface area contributed by atoms with Crippen LogP contribution in [0.3, 0.4) is 0 Å². The van der Waals surface area contributed by atoms with Gasteiger partial charge in [0.2, 0.25) is 0 Å². The molecule has 0 aliphatic carbocycles. The molecule has 0 atom stereocenters. The number of carbonyl (C=O) groups excluding carboxylic acids is 2. The van der Waals surface area contributed by atoms with Gasteiger partial charge in [0.05, 0.1) is 24.6 Å². The number of hydrogen-bond donors (Lipinski definition) is 1. The first kappa shape index (κ1) is 15.7. The van der Waals surface area contributed by atoms with Crippen molar-refractivity contribution < 1.29 is 19.1 Å². The highest BCUT2D eigenvalue weighted by molar-refractivity contribution is 6.09. The summed E-state index contributed by atoms with van der Waals surface area (Å²) in [5.41, 5.74) is 6.66. The fourth-order valence-corrected chi connectivity index (χ4v) is 1.44. The highest BCUT2D eigenvalue weighted by Crippen LogP contribution is 2.20. The van der Waals surface area contributed by atoms with Crippen LogP contribution >= 0.6 is 0 Å². The first-order chi connectivity index (χ1) is 9.60. The Hall–Kier alpha value is -2.37. The lowest BCUT2D eigenvalue weighted by Crippen LogP contribution is -2.29. The van der Waals surface area contributed by atoms with Crippen LogP contribution in [0.1, 0.15) is 13.8 Å². The van der Waals surface area contributed by atoms with E-state index < -0.39 is 17.9 Å². The average molecular weight is 278 g/mol. The van der Waals surface area contributed by atoms with Crippen molar-refractivity contribution in [3.05, 3.63) is 24.3 Å². The number of ether oxygens (including phenoxy) is 2. The van der Waals surface area contributed by atoms with E-state index >= 15 is 0 Å². The van der Waals surface area contributed by atoms with Crippen molar-refractivity contribution in [3.8, 4) is 0 Å². The largest absolute Gasteiger partial charge is 0.465 e. The third-order valence-electron chi connectivity index (χ3n) is 2.38. The Morgan fingerprint density at radius 3 is 2.25 bits per heavy atom. The standard InChI is InChI=1S/C14H18N2O4/c1-3-19-13(17)10(14(18)20-4-2)9-16-12-8-6-5-7-11(12)15/h5-10H,3-4,15H2,1-2H3. The van der Waals surface area contributed by atoms with E-state index in [0.717, 1.165) is 0 Å². The molecule has 1 aromatic carbocycles. The summed E-state index contributed by atoms with van der Waals surface area (Å²) in [7, 11) is 0. The van der Waals surface area contributed by atoms with E-state index in [4.69, 9.17) is 15.2 Å². The van der Waals surface area contributed by atoms with Gasteiger partial charge in [0.15, 0.2) is 5.92 Å². The minimum atomic E-state index is -1.19. The molecule has 2 N–H and O–H groups in total. The van der Waals surface area contributed by atoms with Gasteiger partial charge in [-0.15, -0.1) is 0 Å². The molecule has 0 aliphatic heterocycles. The number of nitrogen functional groups attached to an aromatic ring is 1. The summed E-state index contributed by atoms with van der Waals surface area (Å²) in [6.45, 7) is 3.67. The summed E-state index contributed by atoms with van der Waals surface area (Å²) >= 11 is 0. The summed E-state index contributed by atoms with van der Waals surface area (Å²) in [5.74, 6) is -2.57. The van der Waals surface area contributed by atoms with Gasteiger partial charge in [-0.2, -0.15) is 0 Å². The van der Waals surface area contributed by atoms with Crippen LogP contribution in [0.15, 0.2) is 29.3 Å². The van der Waals surface area contributed by atoms with Crippen molar-refractivity contribution in [3.63, 3.8) is 0 Å². The Labute approximate surface area is 117 Å². The van der Waals surface area contributed by atoms with Gasteiger partial charge >= 0.3 is 11.9 Å². The quantitative estimate of drug-likeness (QED) is 0.370. The molecular formula is C14H18N2O4. The summed E-state index contributed by atoms with van der Waals surface area (Å²) in [4.78, 5) is 27.5. The van der Waals surface area contributed by atoms with Crippen LogP contribution in [0.25, 0.3) is 0 Å². The maximum absolute atomic E-state index is 11.7. The molecule has 0 aliphatic rings. The number of esters is 2. The fourth-order valence-electron chi connectivity index (χ4n) is 1.44. The summed E-state index contributed by atoms with van der Waals surface area (Å²) in [6, 6.07) is 6.88. The molecule has 6 nitrogen and oxygen atoms in total. The highest BCUT2D eigenvalue weighted by Gasteiger charge is 2.27. The van der Waals surface area contributed by atoms with E-state index in [0.29, 0.717) is 11.4 Å². The second kappa shape index (κ2) is 7.93. The van der Waals surface area contributed by atoms with Gasteiger partial charge in [-0.1, -0.05) is 12.1 Å². The third kappa shape index (κ3) is 4.38. The molecule has 0 amide bonds. The minimum Gasteiger partial charge on any atom is -0.465 e. The molecule has 20 heavy (non-hydrogen) atoms. The van der Waals surface area contributed by atoms with Crippen LogP contribution in [0.2, 0.25) is 0 Å². The van der Waals surface area contributed by atoms with Crippen molar-refractivity contribution in [2.45, 2.75) is 13.8 Å². The zero-order valence-corrected chi connectivity index (χ0v) is 11.5. The van der Waals surface area contributed by atoms with Crippen molar-refractivity contribution >= 4 is 29.5 Å². The van der Waals surface area contributed by atoms with E-state index in [1.54, 1.807) is 38.1 Å². The molecule has 0 aromatic heterocycles. The number of nitrogens with two attached hydrogens (primary N) is 1. The average Bonchev–Trinajstić information content (AvgIpc) is 2.41. The molecule has 0 heterocycles. The maximum atomic E-state index is 11.7. The molecule has 0 bridgehead atoms. The van der Waals surface area contributed by atoms with Gasteiger partial charge in [0, 0.05) is 6.21 Å². The molecule has 1 aromatic rings. The lowest BCUT2D eigenvalue weighted by atomic mass is 10.1. The molecule has 0 saturated heterocycles. The molecule has 108 valence electrons.